The molecule has 4 rings (SSSR count). The van der Waals surface area contributed by atoms with Gasteiger partial charge < -0.3 is 14.6 Å². The van der Waals surface area contributed by atoms with Crippen LogP contribution in [0.1, 0.15) is 28.3 Å². The van der Waals surface area contributed by atoms with Gasteiger partial charge in [0.1, 0.15) is 17.3 Å². The minimum absolute atomic E-state index is 0.00893. The lowest BCUT2D eigenvalue weighted by Crippen LogP contribution is -2.29. The van der Waals surface area contributed by atoms with E-state index in [1.165, 1.54) is 12.0 Å². The number of rotatable bonds is 5. The third-order valence-corrected chi connectivity index (χ3v) is 5.80. The van der Waals surface area contributed by atoms with Crippen LogP contribution in [-0.2, 0) is 9.59 Å². The molecule has 1 atom stereocenters. The van der Waals surface area contributed by atoms with Gasteiger partial charge in [0.25, 0.3) is 11.7 Å². The summed E-state index contributed by atoms with van der Waals surface area (Å²) in [5.41, 5.74) is 3.52. The van der Waals surface area contributed by atoms with E-state index in [1.54, 1.807) is 55.6 Å². The number of carbonyl (C=O) groups excluding carboxylic acids is 2. The summed E-state index contributed by atoms with van der Waals surface area (Å²) in [5, 5.41) is 11.4. The fourth-order valence-corrected chi connectivity index (χ4v) is 4.06. The van der Waals surface area contributed by atoms with Crippen molar-refractivity contribution in [1.82, 2.24) is 0 Å². The summed E-state index contributed by atoms with van der Waals surface area (Å²) >= 11 is 0. The number of anilines is 1. The van der Waals surface area contributed by atoms with E-state index < -0.39 is 17.7 Å². The van der Waals surface area contributed by atoms with Crippen molar-refractivity contribution in [3.05, 3.63) is 94.6 Å². The lowest BCUT2D eigenvalue weighted by Gasteiger charge is -2.26. The third kappa shape index (κ3) is 3.96. The van der Waals surface area contributed by atoms with Gasteiger partial charge in [-0.2, -0.15) is 0 Å². The highest BCUT2D eigenvalue weighted by Crippen LogP contribution is 2.43. The first-order valence-electron chi connectivity index (χ1n) is 10.5. The van der Waals surface area contributed by atoms with E-state index in [-0.39, 0.29) is 11.3 Å². The van der Waals surface area contributed by atoms with Crippen LogP contribution in [0.2, 0.25) is 0 Å². The Balaban J connectivity index is 1.97. The second-order valence-electron chi connectivity index (χ2n) is 7.98. The summed E-state index contributed by atoms with van der Waals surface area (Å²) in [6, 6.07) is 18.9. The van der Waals surface area contributed by atoms with E-state index in [2.05, 4.69) is 0 Å². The molecule has 3 aromatic rings. The maximum Gasteiger partial charge on any atom is 0.300 e. The van der Waals surface area contributed by atoms with Crippen molar-refractivity contribution in [2.24, 2.45) is 0 Å². The quantitative estimate of drug-likeness (QED) is 0.343. The second-order valence-corrected chi connectivity index (χ2v) is 7.98. The summed E-state index contributed by atoms with van der Waals surface area (Å²) in [5.74, 6) is -0.672. The molecule has 1 aliphatic heterocycles. The summed E-state index contributed by atoms with van der Waals surface area (Å²) in [4.78, 5) is 28.0. The van der Waals surface area contributed by atoms with Crippen molar-refractivity contribution in [1.29, 1.82) is 0 Å². The first-order valence-corrected chi connectivity index (χ1v) is 10.5. The van der Waals surface area contributed by atoms with Crippen molar-refractivity contribution in [3.8, 4) is 11.5 Å². The van der Waals surface area contributed by atoms with E-state index in [9.17, 15) is 14.7 Å². The Morgan fingerprint density at radius 2 is 1.48 bits per heavy atom. The molecule has 168 valence electrons. The van der Waals surface area contributed by atoms with Crippen molar-refractivity contribution in [2.45, 2.75) is 19.9 Å². The highest BCUT2D eigenvalue weighted by molar-refractivity contribution is 6.51. The molecule has 1 heterocycles. The van der Waals surface area contributed by atoms with E-state index in [1.807, 2.05) is 32.0 Å². The predicted molar refractivity (Wildman–Crippen MR) is 127 cm³/mol. The molecule has 1 unspecified atom stereocenters. The van der Waals surface area contributed by atoms with Crippen LogP contribution < -0.4 is 14.4 Å². The fraction of sp³-hybridized carbons (Fsp3) is 0.185. The van der Waals surface area contributed by atoms with Crippen LogP contribution in [0.4, 0.5) is 5.69 Å². The Morgan fingerprint density at radius 3 is 2.09 bits per heavy atom. The highest BCUT2D eigenvalue weighted by Gasteiger charge is 2.47. The SMILES string of the molecule is COc1ccc(C2/C(=C(\O)c3cc(C)ccc3OC)C(=O)C(=O)N2c2ccc(C)cc2)cc1. The largest absolute Gasteiger partial charge is 0.507 e. The summed E-state index contributed by atoms with van der Waals surface area (Å²) in [6.45, 7) is 3.82. The normalized spacial score (nSPS) is 17.3. The molecule has 0 radical (unpaired) electrons. The van der Waals surface area contributed by atoms with Crippen molar-refractivity contribution in [3.63, 3.8) is 0 Å². The van der Waals surface area contributed by atoms with Crippen LogP contribution in [0.25, 0.3) is 5.76 Å². The van der Waals surface area contributed by atoms with Gasteiger partial charge in [-0.1, -0.05) is 41.5 Å². The molecule has 1 N–H and O–H groups in total. The van der Waals surface area contributed by atoms with Crippen LogP contribution in [0, 0.1) is 13.8 Å². The number of ketones is 1. The molecule has 1 fully saturated rings. The van der Waals surface area contributed by atoms with E-state index >= 15 is 0 Å². The Bertz CT molecular complexity index is 1240. The molecule has 1 saturated heterocycles. The molecular formula is C27H25NO5. The van der Waals surface area contributed by atoms with Crippen LogP contribution in [-0.4, -0.2) is 31.0 Å². The number of hydrogen-bond donors (Lipinski definition) is 1. The topological polar surface area (TPSA) is 76.1 Å². The van der Waals surface area contributed by atoms with Crippen LogP contribution in [0.5, 0.6) is 11.5 Å². The third-order valence-electron chi connectivity index (χ3n) is 5.80. The number of benzene rings is 3. The molecule has 33 heavy (non-hydrogen) atoms. The van der Waals surface area contributed by atoms with Crippen molar-refractivity contribution >= 4 is 23.1 Å². The number of nitrogens with zero attached hydrogens (tertiary/aromatic N) is 1. The Hall–Kier alpha value is -4.06. The van der Waals surface area contributed by atoms with Gasteiger partial charge in [-0.15, -0.1) is 0 Å². The molecule has 1 amide bonds. The first-order chi connectivity index (χ1) is 15.8. The lowest BCUT2D eigenvalue weighted by molar-refractivity contribution is -0.132. The predicted octanol–water partition coefficient (Wildman–Crippen LogP) is 4.95. The molecule has 1 aliphatic rings. The van der Waals surface area contributed by atoms with Gasteiger partial charge in [0.05, 0.1) is 31.4 Å². The lowest BCUT2D eigenvalue weighted by atomic mass is 9.94. The van der Waals surface area contributed by atoms with E-state index in [0.29, 0.717) is 28.3 Å². The summed E-state index contributed by atoms with van der Waals surface area (Å²) in [6.07, 6.45) is 0. The molecular weight excluding hydrogens is 418 g/mol. The van der Waals surface area contributed by atoms with Gasteiger partial charge >= 0.3 is 0 Å². The zero-order valence-electron chi connectivity index (χ0n) is 19.0. The first kappa shape index (κ1) is 22.1. The zero-order chi connectivity index (χ0) is 23.7. The highest BCUT2D eigenvalue weighted by atomic mass is 16.5. The number of carbonyl (C=O) groups is 2. The van der Waals surface area contributed by atoms with Gasteiger partial charge in [0.2, 0.25) is 0 Å². The summed E-state index contributed by atoms with van der Waals surface area (Å²) in [7, 11) is 3.06. The maximum atomic E-state index is 13.3. The van der Waals surface area contributed by atoms with E-state index in [0.717, 1.165) is 11.1 Å². The Labute approximate surface area is 192 Å². The monoisotopic (exact) mass is 443 g/mol. The second kappa shape index (κ2) is 8.82. The average molecular weight is 443 g/mol. The van der Waals surface area contributed by atoms with Gasteiger partial charge in [-0.05, 0) is 55.8 Å². The number of Topliss-reactive ketones (excluding diaryl/α,β-unsaturated/α-hetero) is 1. The number of ether oxygens (including phenoxy) is 2. The minimum Gasteiger partial charge on any atom is -0.507 e. The van der Waals surface area contributed by atoms with Gasteiger partial charge in [-0.25, -0.2) is 0 Å². The van der Waals surface area contributed by atoms with Gasteiger partial charge in [-0.3, -0.25) is 14.5 Å². The van der Waals surface area contributed by atoms with Gasteiger partial charge in [0.15, 0.2) is 0 Å². The number of hydrogen-bond acceptors (Lipinski definition) is 5. The fourth-order valence-electron chi connectivity index (χ4n) is 4.06. The molecule has 6 nitrogen and oxygen atoms in total. The van der Waals surface area contributed by atoms with Crippen LogP contribution >= 0.6 is 0 Å². The molecule has 0 saturated carbocycles. The standard InChI is InChI=1S/C27H25NO5/c1-16-5-10-19(11-6-16)28-24(18-8-12-20(32-3)13-9-18)23(26(30)27(28)31)25(29)21-15-17(2)7-14-22(21)33-4/h5-15,24,29H,1-4H3/b25-23+. The zero-order valence-corrected chi connectivity index (χ0v) is 19.0. The Morgan fingerprint density at radius 1 is 0.848 bits per heavy atom. The molecule has 0 bridgehead atoms. The molecule has 0 aliphatic carbocycles. The number of aryl methyl sites for hydroxylation is 2. The average Bonchev–Trinajstić information content (AvgIpc) is 3.09. The maximum absolute atomic E-state index is 13.3. The molecule has 0 spiro atoms. The van der Waals surface area contributed by atoms with Crippen LogP contribution in [0.15, 0.2) is 72.3 Å². The van der Waals surface area contributed by atoms with Crippen molar-refractivity contribution < 1.29 is 24.2 Å². The Kier molecular flexibility index (Phi) is 5.92. The smallest absolute Gasteiger partial charge is 0.300 e. The molecule has 3 aromatic carbocycles. The van der Waals surface area contributed by atoms with E-state index in [4.69, 9.17) is 9.47 Å². The molecule has 0 aromatic heterocycles. The summed E-state index contributed by atoms with van der Waals surface area (Å²) < 4.78 is 10.7. The number of methoxy groups -OCH3 is 2. The number of aliphatic hydroxyl groups is 1. The van der Waals surface area contributed by atoms with Crippen molar-refractivity contribution in [2.75, 3.05) is 19.1 Å². The number of amides is 1. The van der Waals surface area contributed by atoms with Crippen LogP contribution in [0.3, 0.4) is 0 Å². The van der Waals surface area contributed by atoms with Gasteiger partial charge in [0, 0.05) is 5.69 Å². The number of aliphatic hydroxyl groups excluding tert-OH is 1. The minimum atomic E-state index is -0.816. The molecule has 6 heteroatoms.